The van der Waals surface area contributed by atoms with Crippen molar-refractivity contribution in [1.29, 1.82) is 0 Å². The van der Waals surface area contributed by atoms with E-state index < -0.39 is 15.9 Å². The summed E-state index contributed by atoms with van der Waals surface area (Å²) in [5, 5.41) is 5.92. The van der Waals surface area contributed by atoms with Gasteiger partial charge in [0.05, 0.1) is 10.8 Å². The van der Waals surface area contributed by atoms with Crippen molar-refractivity contribution in [3.63, 3.8) is 0 Å². The molecule has 3 aromatic rings. The number of carbonyl (C=O) groups is 2. The van der Waals surface area contributed by atoms with Crippen LogP contribution in [0.15, 0.2) is 41.1 Å². The zero-order valence-electron chi connectivity index (χ0n) is 18.7. The van der Waals surface area contributed by atoms with Crippen molar-refractivity contribution in [3.05, 3.63) is 47.4 Å². The van der Waals surface area contributed by atoms with Gasteiger partial charge in [-0.05, 0) is 56.4 Å². The topological polar surface area (TPSA) is 134 Å². The molecule has 0 unspecified atom stereocenters. The third kappa shape index (κ3) is 4.89. The zero-order chi connectivity index (χ0) is 24.6. The molecule has 1 saturated carbocycles. The quantitative estimate of drug-likeness (QED) is 0.527. The molecule has 0 radical (unpaired) electrons. The number of furan rings is 1. The van der Waals surface area contributed by atoms with E-state index in [9.17, 15) is 18.0 Å². The fraction of sp³-hybridized carbons (Fsp3) is 0.391. The summed E-state index contributed by atoms with van der Waals surface area (Å²) in [7, 11) is -3.18. The summed E-state index contributed by atoms with van der Waals surface area (Å²) in [6, 6.07) is 6.43. The van der Waals surface area contributed by atoms with Crippen LogP contribution < -0.4 is 10.6 Å². The third-order valence-corrected chi connectivity index (χ3v) is 8.71. The van der Waals surface area contributed by atoms with Crippen LogP contribution in [0, 0.1) is 5.92 Å². The second kappa shape index (κ2) is 9.56. The Balaban J connectivity index is 1.32. The van der Waals surface area contributed by atoms with Crippen molar-refractivity contribution in [2.45, 2.75) is 38.1 Å². The number of amides is 2. The zero-order valence-corrected chi connectivity index (χ0v) is 20.3. The van der Waals surface area contributed by atoms with Crippen LogP contribution >= 0.6 is 11.6 Å². The highest BCUT2D eigenvalue weighted by Crippen LogP contribution is 2.34. The fourth-order valence-corrected chi connectivity index (χ4v) is 6.66. The summed E-state index contributed by atoms with van der Waals surface area (Å²) in [5.74, 6) is -0.750. The van der Waals surface area contributed by atoms with Gasteiger partial charge >= 0.3 is 0 Å². The third-order valence-electron chi connectivity index (χ3n) is 6.48. The first-order valence-electron chi connectivity index (χ1n) is 11.4. The van der Waals surface area contributed by atoms with Gasteiger partial charge in [0.2, 0.25) is 21.7 Å². The van der Waals surface area contributed by atoms with Gasteiger partial charge < -0.3 is 15.1 Å². The summed E-state index contributed by atoms with van der Waals surface area (Å²) in [6.45, 7) is 0.553. The molecule has 0 spiro atoms. The maximum Gasteiger partial charge on any atom is 0.294 e. The molecule has 1 saturated heterocycles. The number of hydrogen-bond acceptors (Lipinski definition) is 7. The van der Waals surface area contributed by atoms with Crippen molar-refractivity contribution < 1.29 is 22.4 Å². The number of nitrogens with one attached hydrogen (secondary N) is 2. The maximum atomic E-state index is 13.2. The Kier molecular flexibility index (Phi) is 6.47. The van der Waals surface area contributed by atoms with Gasteiger partial charge in [0, 0.05) is 30.9 Å². The summed E-state index contributed by atoms with van der Waals surface area (Å²) >= 11 is 5.85. The lowest BCUT2D eigenvalue weighted by Gasteiger charge is -2.32. The van der Waals surface area contributed by atoms with Crippen LogP contribution in [0.2, 0.25) is 5.02 Å². The molecule has 0 bridgehead atoms. The predicted molar refractivity (Wildman–Crippen MR) is 131 cm³/mol. The van der Waals surface area contributed by atoms with E-state index in [1.54, 1.807) is 34.8 Å². The molecule has 0 aromatic carbocycles. The van der Waals surface area contributed by atoms with Gasteiger partial charge in [-0.2, -0.15) is 4.31 Å². The van der Waals surface area contributed by atoms with Gasteiger partial charge in [-0.1, -0.05) is 11.6 Å². The molecule has 10 nitrogen and oxygen atoms in total. The number of rotatable bonds is 5. The van der Waals surface area contributed by atoms with E-state index in [-0.39, 0.29) is 40.9 Å². The lowest BCUT2D eigenvalue weighted by atomic mass is 9.85. The SMILES string of the molecule is O=C(Nc1ccc(Cl)cn1)c1oc2cccnc2c1NC(=O)C1CCC(N2CCCS2(=O)=O)CC1. The van der Waals surface area contributed by atoms with Crippen LogP contribution in [0.5, 0.6) is 0 Å². The van der Waals surface area contributed by atoms with E-state index in [0.29, 0.717) is 54.8 Å². The van der Waals surface area contributed by atoms with E-state index in [1.165, 1.54) is 6.20 Å². The lowest BCUT2D eigenvalue weighted by Crippen LogP contribution is -2.40. The van der Waals surface area contributed by atoms with Crippen LogP contribution in [-0.4, -0.2) is 52.8 Å². The molecule has 5 rings (SSSR count). The highest BCUT2D eigenvalue weighted by molar-refractivity contribution is 7.89. The Bertz CT molecular complexity index is 1370. The molecule has 184 valence electrons. The second-order valence-corrected chi connectivity index (χ2v) is 11.2. The number of sulfonamides is 1. The van der Waals surface area contributed by atoms with Crippen LogP contribution in [0.3, 0.4) is 0 Å². The molecular formula is C23H24ClN5O5S. The molecule has 1 aliphatic heterocycles. The first-order chi connectivity index (χ1) is 16.8. The average Bonchev–Trinajstić information content (AvgIpc) is 3.40. The fourth-order valence-electron chi connectivity index (χ4n) is 4.75. The lowest BCUT2D eigenvalue weighted by molar-refractivity contribution is -0.121. The van der Waals surface area contributed by atoms with Crippen LogP contribution in [0.25, 0.3) is 11.1 Å². The summed E-state index contributed by atoms with van der Waals surface area (Å²) in [6.07, 6.45) is 5.97. The van der Waals surface area contributed by atoms with E-state index in [1.807, 2.05) is 0 Å². The number of fused-ring (bicyclic) bond motifs is 1. The number of hydrogen-bond donors (Lipinski definition) is 2. The first-order valence-corrected chi connectivity index (χ1v) is 13.4. The standard InChI is InChI=1S/C23H24ClN5O5S/c24-15-6-9-18(26-13-15)27-23(31)21-20(19-17(34-21)3-1-10-25-19)28-22(30)14-4-7-16(8-5-14)29-11-2-12-35(29,32)33/h1,3,6,9-10,13-14,16H,2,4-5,7-8,11-12H2,(H,28,30)(H,26,27,31). The van der Waals surface area contributed by atoms with Gasteiger partial charge in [-0.3, -0.25) is 14.6 Å². The normalized spacial score (nSPS) is 22.2. The maximum absolute atomic E-state index is 13.2. The number of nitrogens with zero attached hydrogens (tertiary/aromatic N) is 3. The van der Waals surface area contributed by atoms with Crippen molar-refractivity contribution in [2.24, 2.45) is 5.92 Å². The number of aromatic nitrogens is 2. The largest absolute Gasteiger partial charge is 0.447 e. The smallest absolute Gasteiger partial charge is 0.294 e. The number of anilines is 2. The Labute approximate surface area is 207 Å². The Morgan fingerprint density at radius 2 is 1.89 bits per heavy atom. The molecule has 4 heterocycles. The van der Waals surface area contributed by atoms with Crippen LogP contribution in [0.1, 0.15) is 42.7 Å². The predicted octanol–water partition coefficient (Wildman–Crippen LogP) is 3.66. The minimum Gasteiger partial charge on any atom is -0.447 e. The Hall–Kier alpha value is -3.02. The van der Waals surface area contributed by atoms with E-state index in [2.05, 4.69) is 20.6 Å². The van der Waals surface area contributed by atoms with Gasteiger partial charge in [-0.15, -0.1) is 0 Å². The summed E-state index contributed by atoms with van der Waals surface area (Å²) in [4.78, 5) is 34.5. The number of halogens is 1. The summed E-state index contributed by atoms with van der Waals surface area (Å²) in [5.41, 5.74) is 0.924. The highest BCUT2D eigenvalue weighted by Gasteiger charge is 2.38. The van der Waals surface area contributed by atoms with Crippen molar-refractivity contribution >= 4 is 56.0 Å². The molecule has 35 heavy (non-hydrogen) atoms. The molecule has 2 aliphatic rings. The van der Waals surface area contributed by atoms with E-state index in [4.69, 9.17) is 16.0 Å². The summed E-state index contributed by atoms with van der Waals surface area (Å²) < 4.78 is 31.8. The monoisotopic (exact) mass is 517 g/mol. The van der Waals surface area contributed by atoms with Gasteiger partial charge in [0.1, 0.15) is 17.0 Å². The molecule has 3 aromatic heterocycles. The Morgan fingerprint density at radius 1 is 1.09 bits per heavy atom. The van der Waals surface area contributed by atoms with Crippen LogP contribution in [0.4, 0.5) is 11.5 Å². The van der Waals surface area contributed by atoms with E-state index in [0.717, 1.165) is 0 Å². The Morgan fingerprint density at radius 3 is 2.57 bits per heavy atom. The molecule has 2 amide bonds. The molecule has 1 aliphatic carbocycles. The van der Waals surface area contributed by atoms with Crippen LogP contribution in [-0.2, 0) is 14.8 Å². The van der Waals surface area contributed by atoms with Crippen molar-refractivity contribution in [2.75, 3.05) is 22.9 Å². The minimum atomic E-state index is -3.18. The second-order valence-electron chi connectivity index (χ2n) is 8.75. The number of pyridine rings is 2. The van der Waals surface area contributed by atoms with Crippen molar-refractivity contribution in [1.82, 2.24) is 14.3 Å². The van der Waals surface area contributed by atoms with E-state index >= 15 is 0 Å². The molecular weight excluding hydrogens is 494 g/mol. The van der Waals surface area contributed by atoms with Gasteiger partial charge in [0.15, 0.2) is 5.58 Å². The van der Waals surface area contributed by atoms with Crippen molar-refractivity contribution in [3.8, 4) is 0 Å². The average molecular weight is 518 g/mol. The molecule has 2 N–H and O–H groups in total. The molecule has 2 fully saturated rings. The van der Waals surface area contributed by atoms with Gasteiger partial charge in [0.25, 0.3) is 5.91 Å². The highest BCUT2D eigenvalue weighted by atomic mass is 35.5. The molecule has 12 heteroatoms. The number of carbonyl (C=O) groups excluding carboxylic acids is 2. The molecule has 0 atom stereocenters. The first kappa shape index (κ1) is 23.7. The van der Waals surface area contributed by atoms with Gasteiger partial charge in [-0.25, -0.2) is 13.4 Å². The minimum absolute atomic E-state index is 0.0591.